The van der Waals surface area contributed by atoms with Crippen molar-refractivity contribution in [1.82, 2.24) is 14.9 Å². The summed E-state index contributed by atoms with van der Waals surface area (Å²) in [7, 11) is 0. The molecule has 4 heterocycles. The molecule has 1 N–H and O–H groups in total. The third-order valence-electron chi connectivity index (χ3n) is 8.41. The lowest BCUT2D eigenvalue weighted by Crippen LogP contribution is -2.42. The number of rotatable bonds is 7. The van der Waals surface area contributed by atoms with Crippen molar-refractivity contribution in [3.05, 3.63) is 40.7 Å². The van der Waals surface area contributed by atoms with Crippen LogP contribution in [0.1, 0.15) is 43.0 Å². The van der Waals surface area contributed by atoms with Crippen LogP contribution < -0.4 is 5.32 Å². The van der Waals surface area contributed by atoms with Gasteiger partial charge in [0.15, 0.2) is 6.67 Å². The van der Waals surface area contributed by atoms with Gasteiger partial charge < -0.3 is 5.32 Å². The van der Waals surface area contributed by atoms with Gasteiger partial charge in [0.1, 0.15) is 5.69 Å². The summed E-state index contributed by atoms with van der Waals surface area (Å²) >= 11 is 1.20. The number of amides is 3. The van der Waals surface area contributed by atoms with Crippen molar-refractivity contribution in [1.29, 1.82) is 0 Å². The lowest BCUT2D eigenvalue weighted by molar-refractivity contribution is -0.145. The Balaban J connectivity index is 0.00000353. The van der Waals surface area contributed by atoms with Gasteiger partial charge in [0, 0.05) is 41.0 Å². The summed E-state index contributed by atoms with van der Waals surface area (Å²) in [4.78, 5) is 48.5. The normalized spacial score (nSPS) is 22.5. The van der Waals surface area contributed by atoms with Crippen LogP contribution >= 0.6 is 23.7 Å². The highest BCUT2D eigenvalue weighted by molar-refractivity contribution is 7.19. The van der Waals surface area contributed by atoms with Crippen LogP contribution in [0.2, 0.25) is 0 Å². The SMILES string of the molecule is Cc1nc(C(F)(F)CF)cc(-c2ccnc3cc(CN4C(=O)C5C(C4=O)C5(C)C)sc23)c1NC(=O)C1CC(F)(F)C1.Cl. The first-order valence-electron chi connectivity index (χ1n) is 13.0. The minimum atomic E-state index is -3.91. The zero-order chi connectivity index (χ0) is 29.6. The second-order valence-electron chi connectivity index (χ2n) is 11.6. The standard InChI is InChI=1S/C28H25F5N4O3S.ClH/c1-12-21(36-23(38)13-8-27(30,31)9-13)16(7-18(35-12)28(32,33)11-29)15-4-5-34-17-6-14(41-22(15)17)10-37-24(39)19-20(25(37)40)26(19,2)3;/h4-7,13,19-20H,8-11H2,1-3H3,(H,36,38);1H. The number of hydrogen-bond donors (Lipinski definition) is 1. The summed E-state index contributed by atoms with van der Waals surface area (Å²) in [6.45, 7) is 3.17. The van der Waals surface area contributed by atoms with Gasteiger partial charge in [-0.2, -0.15) is 8.78 Å². The molecule has 3 aromatic heterocycles. The molecule has 1 aliphatic heterocycles. The van der Waals surface area contributed by atoms with Gasteiger partial charge in [-0.1, -0.05) is 13.8 Å². The van der Waals surface area contributed by atoms with Crippen LogP contribution in [0.25, 0.3) is 21.3 Å². The number of nitrogens with one attached hydrogen (secondary N) is 1. The van der Waals surface area contributed by atoms with Crippen molar-refractivity contribution in [2.45, 2.75) is 52.0 Å². The van der Waals surface area contributed by atoms with Gasteiger partial charge in [-0.15, -0.1) is 23.7 Å². The lowest BCUT2D eigenvalue weighted by atomic mass is 9.80. The van der Waals surface area contributed by atoms with Crippen molar-refractivity contribution in [3.8, 4) is 11.1 Å². The monoisotopic (exact) mass is 628 g/mol. The first kappa shape index (κ1) is 30.3. The quantitative estimate of drug-likeness (QED) is 0.246. The fourth-order valence-corrected chi connectivity index (χ4v) is 7.09. The number of fused-ring (bicyclic) bond motifs is 2. The van der Waals surface area contributed by atoms with E-state index in [1.807, 2.05) is 13.8 Å². The van der Waals surface area contributed by atoms with Gasteiger partial charge in [-0.25, -0.2) is 18.2 Å². The lowest BCUT2D eigenvalue weighted by Gasteiger charge is -2.34. The molecule has 3 aliphatic rings. The number of likely N-dealkylation sites (tertiary alicyclic amines) is 1. The summed E-state index contributed by atoms with van der Waals surface area (Å²) in [6.07, 6.45) is 0.178. The number of pyridine rings is 2. The number of halogens is 6. The highest BCUT2D eigenvalue weighted by Gasteiger charge is 2.72. The molecule has 224 valence electrons. The molecule has 42 heavy (non-hydrogen) atoms. The Morgan fingerprint density at radius 2 is 1.79 bits per heavy atom. The van der Waals surface area contributed by atoms with Gasteiger partial charge in [0.2, 0.25) is 23.6 Å². The summed E-state index contributed by atoms with van der Waals surface area (Å²) in [6, 6.07) is 4.21. The maximum absolute atomic E-state index is 14.5. The third-order valence-corrected chi connectivity index (χ3v) is 9.55. The van der Waals surface area contributed by atoms with Crippen LogP contribution in [0.15, 0.2) is 24.4 Å². The van der Waals surface area contributed by atoms with Crippen LogP contribution in [0, 0.1) is 30.1 Å². The van der Waals surface area contributed by atoms with E-state index in [-0.39, 0.29) is 65.0 Å². The van der Waals surface area contributed by atoms with E-state index in [4.69, 9.17) is 0 Å². The Labute approximate surface area is 247 Å². The average Bonchev–Trinajstić information content (AvgIpc) is 3.13. The highest BCUT2D eigenvalue weighted by atomic mass is 35.5. The number of piperidine rings is 1. The van der Waals surface area contributed by atoms with E-state index >= 15 is 0 Å². The first-order valence-corrected chi connectivity index (χ1v) is 13.8. The van der Waals surface area contributed by atoms with Crippen LogP contribution in [0.3, 0.4) is 0 Å². The van der Waals surface area contributed by atoms with Gasteiger partial charge in [-0.3, -0.25) is 24.3 Å². The zero-order valence-corrected chi connectivity index (χ0v) is 24.3. The van der Waals surface area contributed by atoms with E-state index in [0.717, 1.165) is 6.07 Å². The Morgan fingerprint density at radius 3 is 2.38 bits per heavy atom. The maximum Gasteiger partial charge on any atom is 0.317 e. The molecule has 1 saturated heterocycles. The minimum Gasteiger partial charge on any atom is -0.324 e. The topological polar surface area (TPSA) is 92.3 Å². The average molecular weight is 629 g/mol. The van der Waals surface area contributed by atoms with Crippen LogP contribution in [0.4, 0.5) is 27.6 Å². The molecule has 0 spiro atoms. The minimum absolute atomic E-state index is 0. The summed E-state index contributed by atoms with van der Waals surface area (Å²) in [5, 5.41) is 2.59. The van der Waals surface area contributed by atoms with Crippen molar-refractivity contribution < 1.29 is 36.3 Å². The van der Waals surface area contributed by atoms with Crippen molar-refractivity contribution in [2.24, 2.45) is 23.2 Å². The predicted octanol–water partition coefficient (Wildman–Crippen LogP) is 6.27. The zero-order valence-electron chi connectivity index (χ0n) is 22.6. The van der Waals surface area contributed by atoms with Gasteiger partial charge >= 0.3 is 5.92 Å². The van der Waals surface area contributed by atoms with Gasteiger partial charge in [0.05, 0.1) is 40.0 Å². The van der Waals surface area contributed by atoms with Crippen molar-refractivity contribution >= 4 is 57.4 Å². The number of thiophene rings is 1. The van der Waals surface area contributed by atoms with E-state index in [0.29, 0.717) is 20.7 Å². The third kappa shape index (κ3) is 4.74. The van der Waals surface area contributed by atoms with Gasteiger partial charge in [0.25, 0.3) is 0 Å². The van der Waals surface area contributed by atoms with E-state index in [1.165, 1.54) is 35.4 Å². The molecule has 0 aromatic carbocycles. The van der Waals surface area contributed by atoms with Crippen molar-refractivity contribution in [3.63, 3.8) is 0 Å². The number of alkyl halides is 5. The number of imide groups is 1. The van der Waals surface area contributed by atoms with Crippen LogP contribution in [-0.2, 0) is 26.9 Å². The first-order chi connectivity index (χ1) is 19.1. The maximum atomic E-state index is 14.5. The summed E-state index contributed by atoms with van der Waals surface area (Å²) in [5.74, 6) is -9.64. The van der Waals surface area contributed by atoms with E-state index in [2.05, 4.69) is 15.3 Å². The van der Waals surface area contributed by atoms with Crippen molar-refractivity contribution in [2.75, 3.05) is 12.0 Å². The molecular weight excluding hydrogens is 603 g/mol. The van der Waals surface area contributed by atoms with Gasteiger partial charge in [-0.05, 0) is 30.5 Å². The molecule has 6 rings (SSSR count). The second kappa shape index (κ2) is 9.94. The molecule has 0 bridgehead atoms. The Hall–Kier alpha value is -3.19. The highest BCUT2D eigenvalue weighted by Crippen LogP contribution is 2.63. The largest absolute Gasteiger partial charge is 0.324 e. The molecule has 2 aliphatic carbocycles. The number of hydrogen-bond acceptors (Lipinski definition) is 6. The molecule has 2 atom stereocenters. The number of carbonyl (C=O) groups excluding carboxylic acids is 3. The molecule has 3 amide bonds. The van der Waals surface area contributed by atoms with Crippen LogP contribution in [-0.4, -0.2) is 45.2 Å². The number of anilines is 1. The molecule has 2 saturated carbocycles. The summed E-state index contributed by atoms with van der Waals surface area (Å²) in [5.41, 5.74) is -0.287. The van der Waals surface area contributed by atoms with E-state index in [1.54, 1.807) is 6.07 Å². The molecule has 2 unspecified atom stereocenters. The number of aryl methyl sites for hydroxylation is 1. The fourth-order valence-electron chi connectivity index (χ4n) is 5.96. The van der Waals surface area contributed by atoms with E-state index in [9.17, 15) is 36.3 Å². The molecule has 3 fully saturated rings. The molecular formula is C28H26ClF5N4O3S. The predicted molar refractivity (Wildman–Crippen MR) is 147 cm³/mol. The number of carbonyl (C=O) groups is 3. The van der Waals surface area contributed by atoms with Crippen LogP contribution in [0.5, 0.6) is 0 Å². The molecule has 3 aromatic rings. The Bertz CT molecular complexity index is 1610. The Morgan fingerprint density at radius 1 is 1.14 bits per heavy atom. The van der Waals surface area contributed by atoms with E-state index < -0.39 is 48.9 Å². The summed E-state index contributed by atoms with van der Waals surface area (Å²) < 4.78 is 69.5. The number of nitrogens with zero attached hydrogens (tertiary/aromatic N) is 3. The smallest absolute Gasteiger partial charge is 0.317 e. The second-order valence-corrected chi connectivity index (χ2v) is 12.8. The Kier molecular flexibility index (Phi) is 7.16. The molecule has 14 heteroatoms. The fraction of sp³-hybridized carbons (Fsp3) is 0.464. The number of aromatic nitrogens is 2. The molecule has 0 radical (unpaired) electrons. The molecule has 7 nitrogen and oxygen atoms in total.